The molecule has 1 amide bonds. The van der Waals surface area contributed by atoms with Crippen LogP contribution in [0.25, 0.3) is 22.7 Å². The van der Waals surface area contributed by atoms with Gasteiger partial charge in [-0.2, -0.15) is 14.7 Å². The van der Waals surface area contributed by atoms with Gasteiger partial charge in [0.2, 0.25) is 0 Å². The van der Waals surface area contributed by atoms with Crippen LogP contribution in [0.2, 0.25) is 0 Å². The highest BCUT2D eigenvalue weighted by atomic mass is 16.5. The first kappa shape index (κ1) is 22.7. The summed E-state index contributed by atoms with van der Waals surface area (Å²) in [6.07, 6.45) is 2.86. The zero-order valence-corrected chi connectivity index (χ0v) is 20.6. The number of carbonyl (C=O) groups is 1. The number of rotatable bonds is 5. The number of hydrogen-bond acceptors (Lipinski definition) is 7. The van der Waals surface area contributed by atoms with E-state index in [1.54, 1.807) is 15.3 Å². The summed E-state index contributed by atoms with van der Waals surface area (Å²) in [5.74, 6) is 1.37. The molecule has 4 aromatic rings. The van der Waals surface area contributed by atoms with Crippen LogP contribution >= 0.6 is 0 Å². The highest BCUT2D eigenvalue weighted by Crippen LogP contribution is 2.24. The summed E-state index contributed by atoms with van der Waals surface area (Å²) in [5.41, 5.74) is 4.10. The molecule has 10 nitrogen and oxygen atoms in total. The number of carbonyl (C=O) groups excluding carboxylic acids is 1. The summed E-state index contributed by atoms with van der Waals surface area (Å²) < 4.78 is 9.10. The van der Waals surface area contributed by atoms with Gasteiger partial charge in [-0.05, 0) is 39.1 Å². The molecule has 2 fully saturated rings. The number of likely N-dealkylation sites (tertiary alicyclic amines) is 1. The fourth-order valence-corrected chi connectivity index (χ4v) is 4.91. The number of hydrogen-bond donors (Lipinski definition) is 1. The summed E-state index contributed by atoms with van der Waals surface area (Å²) in [7, 11) is 2.07. The van der Waals surface area contributed by atoms with Crippen molar-refractivity contribution in [2.24, 2.45) is 0 Å². The third-order valence-corrected chi connectivity index (χ3v) is 6.83. The molecule has 186 valence electrons. The fraction of sp³-hybridized carbons (Fsp3) is 0.385. The molecule has 6 rings (SSSR count). The molecular formula is C26H30N8O2. The molecule has 2 aliphatic rings. The van der Waals surface area contributed by atoms with Crippen LogP contribution in [0.15, 0.2) is 48.7 Å². The molecule has 0 saturated carbocycles. The standard InChI is InChI=1S/C26H30N8O2/c1-18-4-3-5-19(14-18)21-7-9-33(29-21)23-16-25(32-10-12-36-13-11-32)34-24(28-23)15-22(30-34)26(35)27-20-6-8-31(2)17-20/h3-5,7,9,14-16,20H,6,8,10-13,17H2,1-2H3,(H,27,35)/t20-/m1/s1. The number of ether oxygens (including phenoxy) is 1. The van der Waals surface area contributed by atoms with Crippen LogP contribution in [0.5, 0.6) is 0 Å². The summed E-state index contributed by atoms with van der Waals surface area (Å²) in [6, 6.07) is 14.1. The van der Waals surface area contributed by atoms with E-state index >= 15 is 0 Å². The van der Waals surface area contributed by atoms with E-state index in [4.69, 9.17) is 14.8 Å². The second kappa shape index (κ2) is 9.36. The smallest absolute Gasteiger partial charge is 0.272 e. The van der Waals surface area contributed by atoms with Crippen LogP contribution in [0.3, 0.4) is 0 Å². The topological polar surface area (TPSA) is 92.8 Å². The first-order valence-electron chi connectivity index (χ1n) is 12.4. The van der Waals surface area contributed by atoms with Crippen LogP contribution < -0.4 is 10.2 Å². The van der Waals surface area contributed by atoms with E-state index in [9.17, 15) is 4.79 Å². The molecule has 36 heavy (non-hydrogen) atoms. The zero-order chi connectivity index (χ0) is 24.6. The van der Waals surface area contributed by atoms with Crippen LogP contribution in [-0.2, 0) is 4.74 Å². The minimum Gasteiger partial charge on any atom is -0.378 e. The minimum atomic E-state index is -0.170. The van der Waals surface area contributed by atoms with Crippen LogP contribution in [-0.4, -0.2) is 87.7 Å². The molecule has 1 aromatic carbocycles. The number of aryl methyl sites for hydroxylation is 1. The number of likely N-dealkylation sites (N-methyl/N-ethyl adjacent to an activating group) is 1. The lowest BCUT2D eigenvalue weighted by Gasteiger charge is -2.29. The number of morpholine rings is 1. The first-order chi connectivity index (χ1) is 17.5. The van der Waals surface area contributed by atoms with Crippen molar-refractivity contribution in [1.29, 1.82) is 0 Å². The van der Waals surface area contributed by atoms with Gasteiger partial charge in [0, 0.05) is 49.6 Å². The average molecular weight is 487 g/mol. The van der Waals surface area contributed by atoms with Gasteiger partial charge < -0.3 is 19.9 Å². The number of nitrogens with one attached hydrogen (secondary N) is 1. The Morgan fingerprint density at radius 3 is 2.72 bits per heavy atom. The number of benzene rings is 1. The van der Waals surface area contributed by atoms with Crippen molar-refractivity contribution in [3.63, 3.8) is 0 Å². The maximum atomic E-state index is 13.0. The minimum absolute atomic E-state index is 0.138. The van der Waals surface area contributed by atoms with Crippen LogP contribution in [0, 0.1) is 6.92 Å². The molecule has 0 aliphatic carbocycles. The van der Waals surface area contributed by atoms with Crippen molar-refractivity contribution < 1.29 is 9.53 Å². The fourth-order valence-electron chi connectivity index (χ4n) is 4.91. The van der Waals surface area contributed by atoms with Crippen LogP contribution in [0.4, 0.5) is 5.82 Å². The van der Waals surface area contributed by atoms with Gasteiger partial charge in [-0.1, -0.05) is 23.8 Å². The van der Waals surface area contributed by atoms with E-state index in [0.29, 0.717) is 30.4 Å². The Labute approximate surface area is 209 Å². The number of anilines is 1. The van der Waals surface area contributed by atoms with Crippen molar-refractivity contribution in [2.45, 2.75) is 19.4 Å². The summed E-state index contributed by atoms with van der Waals surface area (Å²) >= 11 is 0. The molecule has 0 spiro atoms. The Hall–Kier alpha value is -3.76. The molecule has 2 saturated heterocycles. The lowest BCUT2D eigenvalue weighted by molar-refractivity contribution is 0.0933. The van der Waals surface area contributed by atoms with Gasteiger partial charge in [-0.15, -0.1) is 0 Å². The van der Waals surface area contributed by atoms with Gasteiger partial charge in [0.05, 0.1) is 18.9 Å². The molecular weight excluding hydrogens is 456 g/mol. The van der Waals surface area contributed by atoms with Gasteiger partial charge in [-0.3, -0.25) is 4.79 Å². The van der Waals surface area contributed by atoms with Gasteiger partial charge in [-0.25, -0.2) is 9.67 Å². The largest absolute Gasteiger partial charge is 0.378 e. The summed E-state index contributed by atoms with van der Waals surface area (Å²) in [6.45, 7) is 6.66. The van der Waals surface area contributed by atoms with Crippen molar-refractivity contribution in [2.75, 3.05) is 51.3 Å². The third-order valence-electron chi connectivity index (χ3n) is 6.83. The van der Waals surface area contributed by atoms with E-state index in [1.807, 2.05) is 24.4 Å². The van der Waals surface area contributed by atoms with Gasteiger partial charge in [0.15, 0.2) is 17.2 Å². The second-order valence-corrected chi connectivity index (χ2v) is 9.61. The Kier molecular flexibility index (Phi) is 5.90. The Balaban J connectivity index is 1.37. The predicted octanol–water partition coefficient (Wildman–Crippen LogP) is 2.16. The zero-order valence-electron chi connectivity index (χ0n) is 20.6. The lowest BCUT2D eigenvalue weighted by atomic mass is 10.1. The predicted molar refractivity (Wildman–Crippen MR) is 137 cm³/mol. The van der Waals surface area contributed by atoms with Gasteiger partial charge >= 0.3 is 0 Å². The molecule has 2 aliphatic heterocycles. The van der Waals surface area contributed by atoms with Gasteiger partial charge in [0.1, 0.15) is 5.82 Å². The molecule has 3 aromatic heterocycles. The second-order valence-electron chi connectivity index (χ2n) is 9.61. The molecule has 1 N–H and O–H groups in total. The molecule has 0 radical (unpaired) electrons. The van der Waals surface area contributed by atoms with E-state index in [2.05, 4.69) is 52.4 Å². The maximum absolute atomic E-state index is 13.0. The number of amides is 1. The van der Waals surface area contributed by atoms with E-state index in [-0.39, 0.29) is 11.9 Å². The Morgan fingerprint density at radius 1 is 1.08 bits per heavy atom. The molecule has 10 heteroatoms. The molecule has 0 bridgehead atoms. The van der Waals surface area contributed by atoms with Crippen LogP contribution in [0.1, 0.15) is 22.5 Å². The van der Waals surface area contributed by atoms with E-state index in [1.165, 1.54) is 5.56 Å². The molecule has 1 atom stereocenters. The molecule has 0 unspecified atom stereocenters. The molecule has 5 heterocycles. The lowest BCUT2D eigenvalue weighted by Crippen LogP contribution is -2.38. The van der Waals surface area contributed by atoms with Gasteiger partial charge in [0.25, 0.3) is 5.91 Å². The maximum Gasteiger partial charge on any atom is 0.272 e. The third kappa shape index (κ3) is 4.45. The van der Waals surface area contributed by atoms with E-state index in [0.717, 1.165) is 49.7 Å². The van der Waals surface area contributed by atoms with Crippen molar-refractivity contribution in [1.82, 2.24) is 34.6 Å². The Morgan fingerprint density at radius 2 is 1.94 bits per heavy atom. The van der Waals surface area contributed by atoms with Crippen molar-refractivity contribution >= 4 is 17.4 Å². The number of aromatic nitrogens is 5. The highest BCUT2D eigenvalue weighted by molar-refractivity contribution is 5.93. The number of fused-ring (bicyclic) bond motifs is 1. The number of nitrogens with zero attached hydrogens (tertiary/aromatic N) is 7. The quantitative estimate of drug-likeness (QED) is 0.462. The monoisotopic (exact) mass is 486 g/mol. The highest BCUT2D eigenvalue weighted by Gasteiger charge is 2.24. The summed E-state index contributed by atoms with van der Waals surface area (Å²) in [4.78, 5) is 22.3. The van der Waals surface area contributed by atoms with E-state index < -0.39 is 0 Å². The first-order valence-corrected chi connectivity index (χ1v) is 12.4. The van der Waals surface area contributed by atoms with Crippen molar-refractivity contribution in [3.8, 4) is 17.1 Å². The van der Waals surface area contributed by atoms with Crippen molar-refractivity contribution in [3.05, 3.63) is 59.9 Å². The average Bonchev–Trinajstić information content (AvgIpc) is 3.63. The normalized spacial score (nSPS) is 18.7. The SMILES string of the molecule is Cc1cccc(-c2ccn(-c3cc(N4CCOCC4)n4nc(C(=O)N[C@@H]5CCN(C)C5)cc4n3)n2)c1. The Bertz CT molecular complexity index is 1400. The summed E-state index contributed by atoms with van der Waals surface area (Å²) in [5, 5.41) is 12.6.